The van der Waals surface area contributed by atoms with E-state index in [1.54, 1.807) is 0 Å². The smallest absolute Gasteiger partial charge is 0.169 e. The highest BCUT2D eigenvalue weighted by atomic mass is 16.8. The second-order valence-corrected chi connectivity index (χ2v) is 11.8. The van der Waals surface area contributed by atoms with Gasteiger partial charge in [-0.1, -0.05) is 111 Å². The molecule has 0 amide bonds. The molecule has 1 aliphatic heterocycles. The van der Waals surface area contributed by atoms with Gasteiger partial charge in [0.05, 0.1) is 45.2 Å². The van der Waals surface area contributed by atoms with Crippen molar-refractivity contribution in [3.05, 3.63) is 108 Å². The quantitative estimate of drug-likeness (QED) is 0.203. The molecule has 0 aromatic heterocycles. The first-order valence-corrected chi connectivity index (χ1v) is 15.4. The summed E-state index contributed by atoms with van der Waals surface area (Å²) < 4.78 is 32.8. The zero-order chi connectivity index (χ0) is 28.3. The van der Waals surface area contributed by atoms with Crippen LogP contribution in [0.3, 0.4) is 0 Å². The van der Waals surface area contributed by atoms with E-state index in [0.717, 1.165) is 36.8 Å². The molecule has 0 radical (unpaired) electrons. The lowest BCUT2D eigenvalue weighted by molar-refractivity contribution is -0.208. The molecule has 3 aromatic rings. The Morgan fingerprint density at radius 1 is 0.707 bits per heavy atom. The van der Waals surface area contributed by atoms with E-state index in [1.165, 1.54) is 12.0 Å². The second kappa shape index (κ2) is 15.1. The third-order valence-electron chi connectivity index (χ3n) is 8.52. The van der Waals surface area contributed by atoms with Gasteiger partial charge < -0.3 is 23.7 Å². The molecule has 5 rings (SSSR count). The highest BCUT2D eigenvalue weighted by Gasteiger charge is 2.47. The highest BCUT2D eigenvalue weighted by Crippen LogP contribution is 2.40. The lowest BCUT2D eigenvalue weighted by atomic mass is 9.86. The minimum atomic E-state index is -0.457. The van der Waals surface area contributed by atoms with Crippen LogP contribution in [0.5, 0.6) is 0 Å². The topological polar surface area (TPSA) is 46.2 Å². The normalized spacial score (nSPS) is 21.4. The van der Waals surface area contributed by atoms with Gasteiger partial charge in [-0.15, -0.1) is 0 Å². The van der Waals surface area contributed by atoms with Gasteiger partial charge in [0.15, 0.2) is 5.79 Å². The molecular formula is C36H46O5. The molecular weight excluding hydrogens is 512 g/mol. The zero-order valence-corrected chi connectivity index (χ0v) is 24.7. The van der Waals surface area contributed by atoms with Crippen molar-refractivity contribution >= 4 is 0 Å². The Hall–Kier alpha value is -2.54. The fourth-order valence-electron chi connectivity index (χ4n) is 6.28. The highest BCUT2D eigenvalue weighted by molar-refractivity contribution is 5.15. The molecule has 5 heteroatoms. The van der Waals surface area contributed by atoms with Crippen LogP contribution in [0.15, 0.2) is 91.0 Å². The molecule has 2 fully saturated rings. The number of ether oxygens (including phenoxy) is 5. The van der Waals surface area contributed by atoms with Crippen LogP contribution in [0, 0.1) is 11.8 Å². The average molecular weight is 559 g/mol. The number of hydrogen-bond donors (Lipinski definition) is 0. The summed E-state index contributed by atoms with van der Waals surface area (Å²) in [6.45, 7) is 7.25. The van der Waals surface area contributed by atoms with Crippen LogP contribution in [-0.2, 0) is 43.5 Å². The zero-order valence-electron chi connectivity index (χ0n) is 24.7. The van der Waals surface area contributed by atoms with E-state index in [0.29, 0.717) is 33.0 Å². The van der Waals surface area contributed by atoms with Crippen molar-refractivity contribution < 1.29 is 23.7 Å². The fraction of sp³-hybridized carbons (Fsp3) is 0.500. The van der Waals surface area contributed by atoms with E-state index < -0.39 is 5.79 Å². The molecule has 41 heavy (non-hydrogen) atoms. The van der Waals surface area contributed by atoms with Crippen molar-refractivity contribution in [1.82, 2.24) is 0 Å². The monoisotopic (exact) mass is 558 g/mol. The summed E-state index contributed by atoms with van der Waals surface area (Å²) in [4.78, 5) is 0. The van der Waals surface area contributed by atoms with Gasteiger partial charge in [0.1, 0.15) is 6.10 Å². The maximum atomic E-state index is 6.76. The number of benzene rings is 3. The Labute approximate surface area is 246 Å². The van der Waals surface area contributed by atoms with E-state index >= 15 is 0 Å². The first-order valence-electron chi connectivity index (χ1n) is 15.4. The molecule has 0 unspecified atom stereocenters. The number of hydrogen-bond acceptors (Lipinski definition) is 5. The van der Waals surface area contributed by atoms with Gasteiger partial charge >= 0.3 is 0 Å². The first-order chi connectivity index (χ1) is 20.1. The van der Waals surface area contributed by atoms with Crippen LogP contribution >= 0.6 is 0 Å². The predicted molar refractivity (Wildman–Crippen MR) is 161 cm³/mol. The maximum absolute atomic E-state index is 6.76. The third-order valence-corrected chi connectivity index (χ3v) is 8.52. The molecule has 1 aliphatic carbocycles. The minimum absolute atomic E-state index is 0.0464. The predicted octanol–water partition coefficient (Wildman–Crippen LogP) is 7.72. The summed E-state index contributed by atoms with van der Waals surface area (Å²) >= 11 is 0. The van der Waals surface area contributed by atoms with E-state index in [9.17, 15) is 0 Å². The molecule has 220 valence electrons. The van der Waals surface area contributed by atoms with Gasteiger partial charge in [-0.25, -0.2) is 0 Å². The fourth-order valence-corrected chi connectivity index (χ4v) is 6.28. The SMILES string of the molecule is C[C@H]([C@@H](OCc1ccccc1)[C@@H](C)COCc1ccccc1)[C@H](OCc1ccccc1)[C@@H]1COC2(CCCCC2)O1. The summed E-state index contributed by atoms with van der Waals surface area (Å²) in [5, 5.41) is 0. The van der Waals surface area contributed by atoms with E-state index in [-0.39, 0.29) is 30.1 Å². The van der Waals surface area contributed by atoms with Crippen molar-refractivity contribution in [2.75, 3.05) is 13.2 Å². The molecule has 1 spiro atoms. The molecule has 0 bridgehead atoms. The van der Waals surface area contributed by atoms with Crippen molar-refractivity contribution in [3.8, 4) is 0 Å². The van der Waals surface area contributed by atoms with E-state index in [4.69, 9.17) is 23.7 Å². The molecule has 1 saturated carbocycles. The van der Waals surface area contributed by atoms with Crippen molar-refractivity contribution in [1.29, 1.82) is 0 Å². The standard InChI is InChI=1S/C36H46O5/c1-28(23-37-24-30-15-7-3-8-16-30)34(38-25-31-17-9-4-10-18-31)29(2)35(39-26-32-19-11-5-12-20-32)33-27-40-36(41-33)21-13-6-14-22-36/h3-5,7-12,15-20,28-29,33-35H,6,13-14,21-27H2,1-2H3/t28-,29+,33-,34-,35-/m0/s1. The van der Waals surface area contributed by atoms with Gasteiger partial charge in [-0.05, 0) is 29.5 Å². The van der Waals surface area contributed by atoms with Crippen LogP contribution in [0.2, 0.25) is 0 Å². The third kappa shape index (κ3) is 8.50. The van der Waals surface area contributed by atoms with Crippen LogP contribution in [0.25, 0.3) is 0 Å². The van der Waals surface area contributed by atoms with Crippen LogP contribution in [0.1, 0.15) is 62.6 Å². The lowest BCUT2D eigenvalue weighted by Gasteiger charge is -2.38. The van der Waals surface area contributed by atoms with Crippen molar-refractivity contribution in [3.63, 3.8) is 0 Å². The summed E-state index contributed by atoms with van der Waals surface area (Å²) in [6, 6.07) is 31.1. The van der Waals surface area contributed by atoms with Gasteiger partial charge in [-0.2, -0.15) is 0 Å². The summed E-state index contributed by atoms with van der Waals surface area (Å²) in [7, 11) is 0. The average Bonchev–Trinajstić information content (AvgIpc) is 3.41. The molecule has 3 aromatic carbocycles. The molecule has 2 aliphatic rings. The van der Waals surface area contributed by atoms with Crippen LogP contribution < -0.4 is 0 Å². The second-order valence-electron chi connectivity index (χ2n) is 11.8. The summed E-state index contributed by atoms with van der Waals surface area (Å²) in [6.07, 6.45) is 5.04. The Bertz CT molecular complexity index is 1130. The van der Waals surface area contributed by atoms with E-state index in [1.807, 2.05) is 30.3 Å². The molecule has 0 N–H and O–H groups in total. The van der Waals surface area contributed by atoms with Crippen LogP contribution in [-0.4, -0.2) is 37.3 Å². The van der Waals surface area contributed by atoms with Crippen molar-refractivity contribution in [2.45, 2.75) is 89.9 Å². The van der Waals surface area contributed by atoms with Crippen molar-refractivity contribution in [2.24, 2.45) is 11.8 Å². The van der Waals surface area contributed by atoms with Gasteiger partial charge in [0.2, 0.25) is 0 Å². The van der Waals surface area contributed by atoms with Crippen LogP contribution in [0.4, 0.5) is 0 Å². The molecule has 1 saturated heterocycles. The Morgan fingerprint density at radius 2 is 1.24 bits per heavy atom. The van der Waals surface area contributed by atoms with Gasteiger partial charge in [-0.3, -0.25) is 0 Å². The first kappa shape index (κ1) is 29.9. The summed E-state index contributed by atoms with van der Waals surface area (Å²) in [5.41, 5.74) is 3.48. The Kier molecular flexibility index (Phi) is 11.0. The number of rotatable bonds is 14. The molecule has 5 atom stereocenters. The van der Waals surface area contributed by atoms with Gasteiger partial charge in [0.25, 0.3) is 0 Å². The largest absolute Gasteiger partial charge is 0.376 e. The van der Waals surface area contributed by atoms with Gasteiger partial charge in [0, 0.05) is 24.7 Å². The maximum Gasteiger partial charge on any atom is 0.169 e. The van der Waals surface area contributed by atoms with E-state index in [2.05, 4.69) is 74.5 Å². The Balaban J connectivity index is 1.32. The molecule has 5 nitrogen and oxygen atoms in total. The Morgan fingerprint density at radius 3 is 1.83 bits per heavy atom. The molecule has 1 heterocycles. The minimum Gasteiger partial charge on any atom is -0.376 e. The lowest BCUT2D eigenvalue weighted by Crippen LogP contribution is -2.46. The summed E-state index contributed by atoms with van der Waals surface area (Å²) in [5.74, 6) is -0.266.